The standard InChI is InChI=1S/C30H24N6O2/c1-36-16-24-26(35-36)9-7-20-27(24)22-14-31-15-23(22)28-21-13-19(6-8-25(21)34-29(20)28)37-17-4-2-5-18(12-17)38-30-32-10-3-11-33-30/h2-6,8,10-13,16,31,34H,7,9,14-15H2,1H3. The van der Waals surface area contributed by atoms with E-state index in [1.165, 1.54) is 49.8 Å². The molecule has 8 heteroatoms. The number of H-pyrrole nitrogens is 1. The monoisotopic (exact) mass is 500 g/mol. The number of hydrogen-bond acceptors (Lipinski definition) is 6. The molecule has 6 aromatic rings. The molecule has 0 spiro atoms. The van der Waals surface area contributed by atoms with Gasteiger partial charge in [0, 0.05) is 66.6 Å². The Kier molecular flexibility index (Phi) is 4.59. The highest BCUT2D eigenvalue weighted by atomic mass is 16.5. The van der Waals surface area contributed by atoms with Gasteiger partial charge in [0.25, 0.3) is 0 Å². The highest BCUT2D eigenvalue weighted by Crippen LogP contribution is 2.46. The van der Waals surface area contributed by atoms with Crippen LogP contribution in [0, 0.1) is 0 Å². The summed E-state index contributed by atoms with van der Waals surface area (Å²) in [5.41, 5.74) is 10.4. The summed E-state index contributed by atoms with van der Waals surface area (Å²) >= 11 is 0. The number of benzene rings is 3. The number of fused-ring (bicyclic) bond motifs is 10. The van der Waals surface area contributed by atoms with E-state index in [0.717, 1.165) is 37.2 Å². The highest BCUT2D eigenvalue weighted by molar-refractivity contribution is 6.13. The van der Waals surface area contributed by atoms with Crippen LogP contribution in [0.4, 0.5) is 0 Å². The van der Waals surface area contributed by atoms with Crippen LogP contribution in [0.2, 0.25) is 0 Å². The molecule has 186 valence electrons. The molecule has 0 bridgehead atoms. The summed E-state index contributed by atoms with van der Waals surface area (Å²) in [6, 6.07) is 15.8. The van der Waals surface area contributed by atoms with E-state index in [0.29, 0.717) is 17.5 Å². The average molecular weight is 501 g/mol. The lowest BCUT2D eigenvalue weighted by atomic mass is 9.83. The lowest BCUT2D eigenvalue weighted by Gasteiger charge is -2.20. The third kappa shape index (κ3) is 3.30. The molecule has 0 radical (unpaired) electrons. The van der Waals surface area contributed by atoms with Crippen molar-refractivity contribution in [1.29, 1.82) is 0 Å². The van der Waals surface area contributed by atoms with Gasteiger partial charge in [-0.3, -0.25) is 4.68 Å². The summed E-state index contributed by atoms with van der Waals surface area (Å²) in [6.45, 7) is 1.73. The van der Waals surface area contributed by atoms with E-state index in [1.54, 1.807) is 18.5 Å². The van der Waals surface area contributed by atoms with E-state index in [9.17, 15) is 0 Å². The van der Waals surface area contributed by atoms with Crippen LogP contribution in [0.1, 0.15) is 22.4 Å². The van der Waals surface area contributed by atoms with Gasteiger partial charge in [-0.05, 0) is 71.5 Å². The maximum Gasteiger partial charge on any atom is 0.321 e. The Morgan fingerprint density at radius 1 is 0.842 bits per heavy atom. The van der Waals surface area contributed by atoms with Crippen molar-refractivity contribution in [3.8, 4) is 34.4 Å². The number of aromatic amines is 1. The summed E-state index contributed by atoms with van der Waals surface area (Å²) < 4.78 is 14.0. The molecule has 0 unspecified atom stereocenters. The van der Waals surface area contributed by atoms with Gasteiger partial charge >= 0.3 is 6.01 Å². The molecule has 2 aliphatic rings. The van der Waals surface area contributed by atoms with Crippen molar-refractivity contribution >= 4 is 21.8 Å². The molecule has 0 saturated carbocycles. The van der Waals surface area contributed by atoms with E-state index in [4.69, 9.17) is 14.6 Å². The van der Waals surface area contributed by atoms with E-state index in [2.05, 4.69) is 38.6 Å². The Morgan fingerprint density at radius 3 is 2.55 bits per heavy atom. The van der Waals surface area contributed by atoms with Crippen molar-refractivity contribution < 1.29 is 9.47 Å². The van der Waals surface area contributed by atoms with E-state index >= 15 is 0 Å². The van der Waals surface area contributed by atoms with Gasteiger partial charge in [0.1, 0.15) is 17.2 Å². The minimum Gasteiger partial charge on any atom is -0.457 e. The molecule has 8 nitrogen and oxygen atoms in total. The van der Waals surface area contributed by atoms with E-state index < -0.39 is 0 Å². The van der Waals surface area contributed by atoms with Gasteiger partial charge in [-0.25, -0.2) is 9.97 Å². The smallest absolute Gasteiger partial charge is 0.321 e. The van der Waals surface area contributed by atoms with E-state index in [-0.39, 0.29) is 0 Å². The van der Waals surface area contributed by atoms with Crippen molar-refractivity contribution in [2.45, 2.75) is 25.9 Å². The van der Waals surface area contributed by atoms with Gasteiger partial charge < -0.3 is 19.8 Å². The fourth-order valence-corrected chi connectivity index (χ4v) is 6.01. The zero-order valence-corrected chi connectivity index (χ0v) is 20.8. The van der Waals surface area contributed by atoms with Crippen LogP contribution >= 0.6 is 0 Å². The van der Waals surface area contributed by atoms with E-state index in [1.807, 2.05) is 42.1 Å². The maximum atomic E-state index is 6.30. The number of aryl methyl sites for hydroxylation is 3. The zero-order valence-electron chi connectivity index (χ0n) is 20.8. The lowest BCUT2D eigenvalue weighted by Crippen LogP contribution is -2.07. The van der Waals surface area contributed by atoms with Crippen LogP contribution in [0.5, 0.6) is 23.3 Å². The summed E-state index contributed by atoms with van der Waals surface area (Å²) in [4.78, 5) is 12.0. The van der Waals surface area contributed by atoms with Gasteiger partial charge in [-0.1, -0.05) is 6.07 Å². The highest BCUT2D eigenvalue weighted by Gasteiger charge is 2.30. The Morgan fingerprint density at radius 2 is 1.66 bits per heavy atom. The molecule has 1 aliphatic carbocycles. The van der Waals surface area contributed by atoms with Gasteiger partial charge in [0.05, 0.1) is 11.2 Å². The molecule has 3 aromatic carbocycles. The topological polar surface area (TPSA) is 89.9 Å². The van der Waals surface area contributed by atoms with Crippen LogP contribution in [-0.4, -0.2) is 24.7 Å². The fraction of sp³-hybridized carbons (Fsp3) is 0.167. The lowest BCUT2D eigenvalue weighted by molar-refractivity contribution is 0.433. The van der Waals surface area contributed by atoms with Gasteiger partial charge in [-0.2, -0.15) is 5.10 Å². The number of nitrogens with one attached hydrogen (secondary N) is 2. The number of hydrogen-bond donors (Lipinski definition) is 2. The first-order chi connectivity index (χ1) is 18.7. The molecule has 2 N–H and O–H groups in total. The van der Waals surface area contributed by atoms with Crippen LogP contribution in [0.25, 0.3) is 32.9 Å². The van der Waals surface area contributed by atoms with Crippen molar-refractivity contribution in [2.24, 2.45) is 7.05 Å². The largest absolute Gasteiger partial charge is 0.457 e. The molecule has 1 aliphatic heterocycles. The molecular formula is C30H24N6O2. The summed E-state index contributed by atoms with van der Waals surface area (Å²) in [5, 5.41) is 10.8. The Hall–Kier alpha value is -4.69. The molecule has 38 heavy (non-hydrogen) atoms. The Bertz CT molecular complexity index is 1870. The minimum absolute atomic E-state index is 0.300. The van der Waals surface area contributed by atoms with Crippen LogP contribution in [0.15, 0.2) is 67.1 Å². The van der Waals surface area contributed by atoms with Crippen molar-refractivity contribution in [1.82, 2.24) is 30.0 Å². The molecule has 0 atom stereocenters. The summed E-state index contributed by atoms with van der Waals surface area (Å²) in [7, 11) is 2.01. The molecule has 0 fully saturated rings. The van der Waals surface area contributed by atoms with Crippen molar-refractivity contribution in [2.75, 3.05) is 0 Å². The van der Waals surface area contributed by atoms with Gasteiger partial charge in [0.15, 0.2) is 0 Å². The number of nitrogens with zero attached hydrogens (tertiary/aromatic N) is 4. The van der Waals surface area contributed by atoms with Crippen molar-refractivity contribution in [3.63, 3.8) is 0 Å². The van der Waals surface area contributed by atoms with Crippen LogP contribution in [-0.2, 0) is 33.0 Å². The normalized spacial score (nSPS) is 13.9. The summed E-state index contributed by atoms with van der Waals surface area (Å²) in [6.07, 6.45) is 7.42. The predicted octanol–water partition coefficient (Wildman–Crippen LogP) is 5.80. The molecular weight excluding hydrogens is 476 g/mol. The first kappa shape index (κ1) is 21.4. The van der Waals surface area contributed by atoms with Gasteiger partial charge in [-0.15, -0.1) is 0 Å². The number of aromatic nitrogens is 5. The second-order valence-corrected chi connectivity index (χ2v) is 9.87. The molecule has 0 amide bonds. The Balaban J connectivity index is 1.22. The fourth-order valence-electron chi connectivity index (χ4n) is 6.01. The first-order valence-corrected chi connectivity index (χ1v) is 12.8. The average Bonchev–Trinajstić information content (AvgIpc) is 3.65. The summed E-state index contributed by atoms with van der Waals surface area (Å²) in [5.74, 6) is 2.08. The molecule has 3 aromatic heterocycles. The van der Waals surface area contributed by atoms with Crippen LogP contribution in [0.3, 0.4) is 0 Å². The predicted molar refractivity (Wildman–Crippen MR) is 145 cm³/mol. The second-order valence-electron chi connectivity index (χ2n) is 9.87. The minimum atomic E-state index is 0.300. The maximum absolute atomic E-state index is 6.30. The first-order valence-electron chi connectivity index (χ1n) is 12.8. The van der Waals surface area contributed by atoms with Crippen molar-refractivity contribution in [3.05, 3.63) is 89.5 Å². The molecule has 4 heterocycles. The Labute approximate surface area is 218 Å². The third-order valence-corrected chi connectivity index (χ3v) is 7.52. The van der Waals surface area contributed by atoms with Crippen LogP contribution < -0.4 is 14.8 Å². The molecule has 0 saturated heterocycles. The second kappa shape index (κ2) is 8.16. The molecule has 8 rings (SSSR count). The number of ether oxygens (including phenoxy) is 2. The third-order valence-electron chi connectivity index (χ3n) is 7.52. The quantitative estimate of drug-likeness (QED) is 0.318. The SMILES string of the molecule is Cn1cc2c(n1)CCc1c-2c2c(c3c1[nH]c1ccc(Oc4cccc(Oc5ncccn5)c4)cc13)CNC2. The number of rotatable bonds is 4. The zero-order chi connectivity index (χ0) is 25.2. The van der Waals surface area contributed by atoms with Gasteiger partial charge in [0.2, 0.25) is 0 Å².